The van der Waals surface area contributed by atoms with Gasteiger partial charge in [0.2, 0.25) is 0 Å². The third-order valence-electron chi connectivity index (χ3n) is 3.10. The van der Waals surface area contributed by atoms with Crippen molar-refractivity contribution in [1.29, 1.82) is 0 Å². The van der Waals surface area contributed by atoms with Gasteiger partial charge in [-0.3, -0.25) is 4.79 Å². The molecule has 2 rings (SSSR count). The molecule has 0 spiro atoms. The Labute approximate surface area is 106 Å². The Bertz CT molecular complexity index is 396. The maximum atomic E-state index is 12.7. The molecule has 0 aliphatic carbocycles. The Hall–Kier alpha value is -1.26. The van der Waals surface area contributed by atoms with E-state index >= 15 is 0 Å². The van der Waals surface area contributed by atoms with Crippen LogP contribution >= 0.6 is 0 Å². The Morgan fingerprint density at radius 2 is 2.22 bits per heavy atom. The van der Waals surface area contributed by atoms with E-state index in [1.165, 1.54) is 24.3 Å². The van der Waals surface area contributed by atoms with E-state index in [1.54, 1.807) is 6.92 Å². The van der Waals surface area contributed by atoms with Crippen molar-refractivity contribution in [3.8, 4) is 0 Å². The van der Waals surface area contributed by atoms with Crippen LogP contribution < -0.4 is 0 Å². The highest BCUT2D eigenvalue weighted by Crippen LogP contribution is 2.14. The van der Waals surface area contributed by atoms with Gasteiger partial charge in [0.1, 0.15) is 11.9 Å². The summed E-state index contributed by atoms with van der Waals surface area (Å²) in [7, 11) is 0. The largest absolute Gasteiger partial charge is 0.381 e. The van der Waals surface area contributed by atoms with E-state index in [-0.39, 0.29) is 11.6 Å². The number of rotatable bonds is 5. The Balaban J connectivity index is 1.85. The molecule has 0 saturated carbocycles. The zero-order chi connectivity index (χ0) is 13.0. The summed E-state index contributed by atoms with van der Waals surface area (Å²) in [6, 6.07) is 5.53. The van der Waals surface area contributed by atoms with E-state index in [4.69, 9.17) is 9.47 Å². The lowest BCUT2D eigenvalue weighted by molar-refractivity contribution is 0.0322. The molecule has 1 aromatic carbocycles. The number of carbonyl (C=O) groups excluding carboxylic acids is 1. The summed E-state index contributed by atoms with van der Waals surface area (Å²) in [4.78, 5) is 12.0. The smallest absolute Gasteiger partial charge is 0.191 e. The molecule has 98 valence electrons. The van der Waals surface area contributed by atoms with Gasteiger partial charge in [-0.05, 0) is 37.6 Å². The number of Topliss-reactive ketones (excluding diaryl/α,β-unsaturated/α-hetero) is 1. The minimum atomic E-state index is -0.504. The van der Waals surface area contributed by atoms with Crippen molar-refractivity contribution in [2.24, 2.45) is 5.92 Å². The van der Waals surface area contributed by atoms with Crippen LogP contribution in [0.1, 0.15) is 23.7 Å². The molecule has 0 aromatic heterocycles. The van der Waals surface area contributed by atoms with Gasteiger partial charge in [-0.1, -0.05) is 0 Å². The van der Waals surface area contributed by atoms with Gasteiger partial charge in [0.05, 0.1) is 13.2 Å². The fourth-order valence-corrected chi connectivity index (χ4v) is 1.92. The van der Waals surface area contributed by atoms with Crippen LogP contribution in [0, 0.1) is 11.7 Å². The molecule has 3 nitrogen and oxygen atoms in total. The van der Waals surface area contributed by atoms with Gasteiger partial charge < -0.3 is 9.47 Å². The molecule has 0 radical (unpaired) electrons. The van der Waals surface area contributed by atoms with Gasteiger partial charge >= 0.3 is 0 Å². The predicted molar refractivity (Wildman–Crippen MR) is 65.1 cm³/mol. The summed E-state index contributed by atoms with van der Waals surface area (Å²) in [6.07, 6.45) is 0.480. The number of ether oxygens (including phenoxy) is 2. The molecule has 2 unspecified atom stereocenters. The van der Waals surface area contributed by atoms with Crippen LogP contribution in [0.25, 0.3) is 0 Å². The van der Waals surface area contributed by atoms with E-state index < -0.39 is 6.10 Å². The number of benzene rings is 1. The van der Waals surface area contributed by atoms with Crippen LogP contribution in [-0.4, -0.2) is 31.7 Å². The van der Waals surface area contributed by atoms with Crippen LogP contribution in [-0.2, 0) is 9.47 Å². The number of hydrogen-bond donors (Lipinski definition) is 0. The third-order valence-corrected chi connectivity index (χ3v) is 3.10. The molecule has 0 amide bonds. The summed E-state index contributed by atoms with van der Waals surface area (Å²) in [5, 5.41) is 0. The van der Waals surface area contributed by atoms with Crippen LogP contribution in [0.3, 0.4) is 0 Å². The Kier molecular flexibility index (Phi) is 4.44. The Morgan fingerprint density at radius 3 is 2.83 bits per heavy atom. The highest BCUT2D eigenvalue weighted by atomic mass is 19.1. The number of ketones is 1. The SMILES string of the molecule is CC(OCC1CCOC1)C(=O)c1ccc(F)cc1. The molecule has 4 heteroatoms. The minimum absolute atomic E-state index is 0.117. The highest BCUT2D eigenvalue weighted by Gasteiger charge is 2.20. The van der Waals surface area contributed by atoms with E-state index in [9.17, 15) is 9.18 Å². The molecular formula is C14H17FO3. The van der Waals surface area contributed by atoms with Gasteiger partial charge in [-0.2, -0.15) is 0 Å². The topological polar surface area (TPSA) is 35.5 Å². The molecular weight excluding hydrogens is 235 g/mol. The first kappa shape index (κ1) is 13.2. The van der Waals surface area contributed by atoms with Crippen molar-refractivity contribution in [3.63, 3.8) is 0 Å². The molecule has 0 bridgehead atoms. The normalized spacial score (nSPS) is 20.9. The maximum Gasteiger partial charge on any atom is 0.191 e. The number of halogens is 1. The van der Waals surface area contributed by atoms with Crippen molar-refractivity contribution >= 4 is 5.78 Å². The molecule has 2 atom stereocenters. The Morgan fingerprint density at radius 1 is 1.50 bits per heavy atom. The first-order valence-corrected chi connectivity index (χ1v) is 6.16. The predicted octanol–water partition coefficient (Wildman–Crippen LogP) is 2.45. The second-order valence-electron chi connectivity index (χ2n) is 4.58. The zero-order valence-electron chi connectivity index (χ0n) is 10.4. The molecule has 1 heterocycles. The molecule has 1 aliphatic rings. The molecule has 1 aromatic rings. The van der Waals surface area contributed by atoms with Crippen LogP contribution in [0.2, 0.25) is 0 Å². The van der Waals surface area contributed by atoms with Gasteiger partial charge in [0.25, 0.3) is 0 Å². The molecule has 0 N–H and O–H groups in total. The average Bonchev–Trinajstić information content (AvgIpc) is 2.89. The lowest BCUT2D eigenvalue weighted by Gasteiger charge is -2.14. The van der Waals surface area contributed by atoms with Gasteiger partial charge in [0, 0.05) is 18.1 Å². The van der Waals surface area contributed by atoms with Crippen LogP contribution in [0.5, 0.6) is 0 Å². The third kappa shape index (κ3) is 3.37. The van der Waals surface area contributed by atoms with Gasteiger partial charge in [-0.25, -0.2) is 4.39 Å². The van der Waals surface area contributed by atoms with Crippen LogP contribution in [0.4, 0.5) is 4.39 Å². The minimum Gasteiger partial charge on any atom is -0.381 e. The van der Waals surface area contributed by atoms with Crippen molar-refractivity contribution < 1.29 is 18.7 Å². The fraction of sp³-hybridized carbons (Fsp3) is 0.500. The van der Waals surface area contributed by atoms with E-state index in [1.807, 2.05) is 0 Å². The summed E-state index contributed by atoms with van der Waals surface area (Å²) in [6.45, 7) is 3.74. The molecule has 18 heavy (non-hydrogen) atoms. The fourth-order valence-electron chi connectivity index (χ4n) is 1.92. The first-order chi connectivity index (χ1) is 8.66. The zero-order valence-corrected chi connectivity index (χ0v) is 10.4. The second-order valence-corrected chi connectivity index (χ2v) is 4.58. The quantitative estimate of drug-likeness (QED) is 0.755. The summed E-state index contributed by atoms with van der Waals surface area (Å²) < 4.78 is 23.5. The summed E-state index contributed by atoms with van der Waals surface area (Å²) in [5.74, 6) is -0.0781. The molecule has 1 saturated heterocycles. The summed E-state index contributed by atoms with van der Waals surface area (Å²) in [5.41, 5.74) is 0.478. The summed E-state index contributed by atoms with van der Waals surface area (Å²) >= 11 is 0. The average molecular weight is 252 g/mol. The first-order valence-electron chi connectivity index (χ1n) is 6.16. The van der Waals surface area contributed by atoms with Crippen molar-refractivity contribution in [2.45, 2.75) is 19.4 Å². The van der Waals surface area contributed by atoms with Crippen molar-refractivity contribution in [1.82, 2.24) is 0 Å². The van der Waals surface area contributed by atoms with Gasteiger partial charge in [0.15, 0.2) is 5.78 Å². The van der Waals surface area contributed by atoms with E-state index in [2.05, 4.69) is 0 Å². The molecule has 1 fully saturated rings. The maximum absolute atomic E-state index is 12.7. The lowest BCUT2D eigenvalue weighted by Crippen LogP contribution is -2.24. The molecule has 1 aliphatic heterocycles. The van der Waals surface area contributed by atoms with Gasteiger partial charge in [-0.15, -0.1) is 0 Å². The van der Waals surface area contributed by atoms with E-state index in [0.717, 1.165) is 13.0 Å². The lowest BCUT2D eigenvalue weighted by atomic mass is 10.1. The number of carbonyl (C=O) groups is 1. The van der Waals surface area contributed by atoms with Crippen molar-refractivity contribution in [3.05, 3.63) is 35.6 Å². The standard InChI is InChI=1S/C14H17FO3/c1-10(18-9-11-6-7-17-8-11)14(16)12-2-4-13(15)5-3-12/h2-5,10-11H,6-9H2,1H3. The van der Waals surface area contributed by atoms with Crippen LogP contribution in [0.15, 0.2) is 24.3 Å². The van der Waals surface area contributed by atoms with Crippen molar-refractivity contribution in [2.75, 3.05) is 19.8 Å². The number of hydrogen-bond acceptors (Lipinski definition) is 3. The van der Waals surface area contributed by atoms with E-state index in [0.29, 0.717) is 24.7 Å². The second kappa shape index (κ2) is 6.07. The monoisotopic (exact) mass is 252 g/mol. The highest BCUT2D eigenvalue weighted by molar-refractivity contribution is 5.99.